The molecule has 0 saturated heterocycles. The summed E-state index contributed by atoms with van der Waals surface area (Å²) in [7, 11) is 0. The average molecular weight is 280 g/mol. The Hall–Kier alpha value is -2.14. The van der Waals surface area contributed by atoms with Gasteiger partial charge in [-0.3, -0.25) is 0 Å². The number of anilines is 2. The molecule has 0 aliphatic carbocycles. The summed E-state index contributed by atoms with van der Waals surface area (Å²) in [6.07, 6.45) is 0. The summed E-state index contributed by atoms with van der Waals surface area (Å²) < 4.78 is 26.8. The molecule has 3 rings (SSSR count). The quantitative estimate of drug-likeness (QED) is 0.737. The van der Waals surface area contributed by atoms with E-state index in [0.717, 1.165) is 0 Å². The molecule has 0 atom stereocenters. The van der Waals surface area contributed by atoms with Gasteiger partial charge in [0, 0.05) is 6.07 Å². The Morgan fingerprint density at radius 2 is 1.89 bits per heavy atom. The Kier molecular flexibility index (Phi) is 2.83. The third-order valence-corrected chi connectivity index (χ3v) is 2.94. The number of H-pyrrole nitrogens is 1. The summed E-state index contributed by atoms with van der Waals surface area (Å²) in [4.78, 5) is 7.02. The van der Waals surface area contributed by atoms with Crippen LogP contribution in [0.5, 0.6) is 0 Å². The van der Waals surface area contributed by atoms with Crippen LogP contribution in [0.3, 0.4) is 0 Å². The van der Waals surface area contributed by atoms with E-state index >= 15 is 0 Å². The summed E-state index contributed by atoms with van der Waals surface area (Å²) in [5.74, 6) is -0.607. The molecule has 0 spiro atoms. The minimum Gasteiger partial charge on any atom is -0.324 e. The molecule has 0 fully saturated rings. The molecule has 6 heteroatoms. The van der Waals surface area contributed by atoms with Crippen molar-refractivity contribution in [2.24, 2.45) is 0 Å². The molecule has 19 heavy (non-hydrogen) atoms. The van der Waals surface area contributed by atoms with Crippen LogP contribution < -0.4 is 5.32 Å². The van der Waals surface area contributed by atoms with Gasteiger partial charge < -0.3 is 10.3 Å². The van der Waals surface area contributed by atoms with Crippen LogP contribution in [0, 0.1) is 11.6 Å². The number of para-hydroxylation sites is 1. The Morgan fingerprint density at radius 1 is 1.11 bits per heavy atom. The number of hydrogen-bond donors (Lipinski definition) is 2. The molecule has 0 amide bonds. The Balaban J connectivity index is 2.00. The van der Waals surface area contributed by atoms with Crippen molar-refractivity contribution >= 4 is 34.3 Å². The van der Waals surface area contributed by atoms with Crippen LogP contribution in [0.25, 0.3) is 11.0 Å². The number of imidazole rings is 1. The number of hydrogen-bond acceptors (Lipinski definition) is 2. The number of nitrogens with one attached hydrogen (secondary N) is 2. The van der Waals surface area contributed by atoms with Crippen LogP contribution in [-0.4, -0.2) is 9.97 Å². The van der Waals surface area contributed by atoms with Gasteiger partial charge in [0.05, 0.1) is 21.7 Å². The molecule has 0 saturated carbocycles. The zero-order valence-electron chi connectivity index (χ0n) is 9.55. The molecular weight excluding hydrogens is 272 g/mol. The molecule has 3 nitrogen and oxygen atoms in total. The highest BCUT2D eigenvalue weighted by Crippen LogP contribution is 2.24. The van der Waals surface area contributed by atoms with Crippen molar-refractivity contribution in [3.63, 3.8) is 0 Å². The van der Waals surface area contributed by atoms with Crippen LogP contribution in [0.4, 0.5) is 20.4 Å². The highest BCUT2D eigenvalue weighted by atomic mass is 35.5. The molecule has 0 radical (unpaired) electrons. The van der Waals surface area contributed by atoms with Gasteiger partial charge in [0.1, 0.15) is 11.6 Å². The Morgan fingerprint density at radius 3 is 2.68 bits per heavy atom. The number of benzene rings is 2. The molecule has 1 aromatic heterocycles. The van der Waals surface area contributed by atoms with E-state index in [1.807, 2.05) is 0 Å². The fraction of sp³-hybridized carbons (Fsp3) is 0. The van der Waals surface area contributed by atoms with Gasteiger partial charge in [0.25, 0.3) is 0 Å². The fourth-order valence-electron chi connectivity index (χ4n) is 1.75. The maximum Gasteiger partial charge on any atom is 0.205 e. The zero-order valence-corrected chi connectivity index (χ0v) is 10.3. The van der Waals surface area contributed by atoms with Gasteiger partial charge in [0.2, 0.25) is 5.95 Å². The smallest absolute Gasteiger partial charge is 0.205 e. The SMILES string of the molecule is Fc1cc2[nH]c(Nc3ccccc3F)nc2cc1Cl. The van der Waals surface area contributed by atoms with Crippen molar-refractivity contribution in [3.8, 4) is 0 Å². The van der Waals surface area contributed by atoms with E-state index in [4.69, 9.17) is 11.6 Å². The number of aromatic amines is 1. The second-order valence-electron chi connectivity index (χ2n) is 3.97. The van der Waals surface area contributed by atoms with Crippen LogP contribution in [-0.2, 0) is 0 Å². The topological polar surface area (TPSA) is 40.7 Å². The predicted octanol–water partition coefficient (Wildman–Crippen LogP) is 4.24. The number of aromatic nitrogens is 2. The van der Waals surface area contributed by atoms with Crippen molar-refractivity contribution in [3.05, 3.63) is 53.1 Å². The summed E-state index contributed by atoms with van der Waals surface area (Å²) >= 11 is 5.67. The zero-order chi connectivity index (χ0) is 13.4. The van der Waals surface area contributed by atoms with Crippen LogP contribution >= 0.6 is 11.6 Å². The van der Waals surface area contributed by atoms with E-state index in [2.05, 4.69) is 15.3 Å². The summed E-state index contributed by atoms with van der Waals surface area (Å²) in [6, 6.07) is 8.86. The first-order valence-corrected chi connectivity index (χ1v) is 5.87. The number of fused-ring (bicyclic) bond motifs is 1. The van der Waals surface area contributed by atoms with Gasteiger partial charge in [0.15, 0.2) is 0 Å². The molecule has 1 heterocycles. The van der Waals surface area contributed by atoms with Gasteiger partial charge in [-0.05, 0) is 18.2 Å². The molecular formula is C13H8ClF2N3. The Bertz CT molecular complexity index is 716. The summed E-state index contributed by atoms with van der Waals surface area (Å²) in [6.45, 7) is 0. The predicted molar refractivity (Wildman–Crippen MR) is 70.7 cm³/mol. The average Bonchev–Trinajstić information content (AvgIpc) is 2.74. The van der Waals surface area contributed by atoms with E-state index in [1.165, 1.54) is 18.2 Å². The van der Waals surface area contributed by atoms with Gasteiger partial charge >= 0.3 is 0 Å². The van der Waals surface area contributed by atoms with Crippen LogP contribution in [0.1, 0.15) is 0 Å². The Labute approximate surface area is 112 Å². The summed E-state index contributed by atoms with van der Waals surface area (Å²) in [5.41, 5.74) is 1.28. The monoisotopic (exact) mass is 279 g/mol. The van der Waals surface area contributed by atoms with Gasteiger partial charge in [-0.15, -0.1) is 0 Å². The maximum atomic E-state index is 13.5. The van der Waals surface area contributed by atoms with E-state index in [0.29, 0.717) is 17.0 Å². The van der Waals surface area contributed by atoms with E-state index in [-0.39, 0.29) is 10.7 Å². The van der Waals surface area contributed by atoms with Crippen LogP contribution in [0.15, 0.2) is 36.4 Å². The number of halogens is 3. The molecule has 3 aromatic rings. The molecule has 96 valence electrons. The first-order chi connectivity index (χ1) is 9.13. The highest BCUT2D eigenvalue weighted by Gasteiger charge is 2.09. The lowest BCUT2D eigenvalue weighted by Gasteiger charge is -2.02. The van der Waals surface area contributed by atoms with Crippen molar-refractivity contribution in [2.75, 3.05) is 5.32 Å². The van der Waals surface area contributed by atoms with Crippen LogP contribution in [0.2, 0.25) is 5.02 Å². The minimum atomic E-state index is -0.532. The molecule has 0 unspecified atom stereocenters. The molecule has 0 aliphatic heterocycles. The lowest BCUT2D eigenvalue weighted by Crippen LogP contribution is -1.94. The maximum absolute atomic E-state index is 13.5. The van der Waals surface area contributed by atoms with Gasteiger partial charge in [-0.25, -0.2) is 13.8 Å². The second kappa shape index (κ2) is 4.51. The van der Waals surface area contributed by atoms with E-state index in [9.17, 15) is 8.78 Å². The first kappa shape index (κ1) is 11.9. The fourth-order valence-corrected chi connectivity index (χ4v) is 1.91. The van der Waals surface area contributed by atoms with Crippen molar-refractivity contribution in [2.45, 2.75) is 0 Å². The largest absolute Gasteiger partial charge is 0.324 e. The highest BCUT2D eigenvalue weighted by molar-refractivity contribution is 6.31. The number of rotatable bonds is 2. The number of nitrogens with zero attached hydrogens (tertiary/aromatic N) is 1. The van der Waals surface area contributed by atoms with Crippen molar-refractivity contribution in [1.29, 1.82) is 0 Å². The summed E-state index contributed by atoms with van der Waals surface area (Å²) in [5, 5.41) is 2.79. The van der Waals surface area contributed by atoms with Gasteiger partial charge in [-0.2, -0.15) is 0 Å². The first-order valence-electron chi connectivity index (χ1n) is 5.50. The normalized spacial score (nSPS) is 10.9. The second-order valence-corrected chi connectivity index (χ2v) is 4.38. The standard InChI is InChI=1S/C13H8ClF2N3/c14-7-5-11-12(6-9(7)16)19-13(18-11)17-10-4-2-1-3-8(10)15/h1-6H,(H2,17,18,19). The minimum absolute atomic E-state index is 0.00329. The lowest BCUT2D eigenvalue weighted by atomic mass is 10.3. The molecule has 2 aromatic carbocycles. The van der Waals surface area contributed by atoms with E-state index < -0.39 is 11.6 Å². The molecule has 2 N–H and O–H groups in total. The van der Waals surface area contributed by atoms with Crippen molar-refractivity contribution < 1.29 is 8.78 Å². The van der Waals surface area contributed by atoms with E-state index in [1.54, 1.807) is 18.2 Å². The third-order valence-electron chi connectivity index (χ3n) is 2.65. The molecule has 0 bridgehead atoms. The van der Waals surface area contributed by atoms with Crippen molar-refractivity contribution in [1.82, 2.24) is 9.97 Å². The third kappa shape index (κ3) is 2.24. The van der Waals surface area contributed by atoms with Gasteiger partial charge in [-0.1, -0.05) is 23.7 Å². The lowest BCUT2D eigenvalue weighted by molar-refractivity contribution is 0.629. The molecule has 0 aliphatic rings.